The summed E-state index contributed by atoms with van der Waals surface area (Å²) in [5.41, 5.74) is 1.74. The zero-order chi connectivity index (χ0) is 19.0. The van der Waals surface area contributed by atoms with Gasteiger partial charge in [-0.3, -0.25) is 4.68 Å². The second-order valence-electron chi connectivity index (χ2n) is 7.58. The van der Waals surface area contributed by atoms with Gasteiger partial charge in [-0.25, -0.2) is 4.39 Å². The van der Waals surface area contributed by atoms with Crippen LogP contribution in [0.4, 0.5) is 10.2 Å². The molecule has 136 valence electrons. The Hall–Kier alpha value is -1.46. The first-order valence-corrected chi connectivity index (χ1v) is 9.24. The van der Waals surface area contributed by atoms with Gasteiger partial charge in [-0.1, -0.05) is 39.0 Å². The van der Waals surface area contributed by atoms with Crippen molar-refractivity contribution < 1.29 is 4.39 Å². The maximum atomic E-state index is 14.1. The summed E-state index contributed by atoms with van der Waals surface area (Å²) < 4.78 is 15.5. The van der Waals surface area contributed by atoms with Gasteiger partial charge in [0.05, 0.1) is 10.4 Å². The van der Waals surface area contributed by atoms with Crippen molar-refractivity contribution in [2.45, 2.75) is 49.7 Å². The lowest BCUT2D eigenvalue weighted by Crippen LogP contribution is -2.24. The number of nitrogens with one attached hydrogen (secondary N) is 1. The molecule has 1 aromatic heterocycles. The van der Waals surface area contributed by atoms with Crippen molar-refractivity contribution in [1.82, 2.24) is 9.78 Å². The molecule has 0 radical (unpaired) electrons. The minimum Gasteiger partial charge on any atom is -0.343 e. The highest BCUT2D eigenvalue weighted by Gasteiger charge is 2.27. The van der Waals surface area contributed by atoms with Gasteiger partial charge in [-0.15, -0.1) is 11.8 Å². The molecular weight excluding hydrogens is 357 g/mol. The number of hydrogen-bond acceptors (Lipinski definition) is 3. The third-order valence-corrected chi connectivity index (χ3v) is 5.46. The second-order valence-corrected chi connectivity index (χ2v) is 9.68. The molecule has 1 N–H and O–H groups in total. The van der Waals surface area contributed by atoms with Crippen LogP contribution in [-0.2, 0) is 12.5 Å². The molecular formula is C19H25ClFN3S. The second kappa shape index (κ2) is 7.04. The van der Waals surface area contributed by atoms with E-state index in [9.17, 15) is 4.39 Å². The van der Waals surface area contributed by atoms with Crippen molar-refractivity contribution in [1.29, 1.82) is 0 Å². The van der Waals surface area contributed by atoms with Crippen molar-refractivity contribution in [2.75, 3.05) is 5.32 Å². The molecule has 2 rings (SSSR count). The summed E-state index contributed by atoms with van der Waals surface area (Å²) in [6.45, 7) is 14.5. The van der Waals surface area contributed by atoms with E-state index in [1.807, 2.05) is 27.0 Å². The molecule has 0 unspecified atom stereocenters. The summed E-state index contributed by atoms with van der Waals surface area (Å²) >= 11 is 7.23. The molecule has 0 saturated carbocycles. The monoisotopic (exact) mass is 381 g/mol. The van der Waals surface area contributed by atoms with Crippen LogP contribution in [0.25, 0.3) is 0 Å². The topological polar surface area (TPSA) is 29.9 Å². The van der Waals surface area contributed by atoms with Gasteiger partial charge in [-0.05, 0) is 32.0 Å². The largest absolute Gasteiger partial charge is 0.343 e. The fourth-order valence-corrected chi connectivity index (χ4v) is 3.33. The minimum atomic E-state index is -0.430. The average Bonchev–Trinajstić information content (AvgIpc) is 2.83. The number of hydrogen-bond donors (Lipinski definition) is 1. The maximum absolute atomic E-state index is 14.1. The molecule has 2 aromatic rings. The molecule has 0 fully saturated rings. The summed E-state index contributed by atoms with van der Waals surface area (Å²) in [7, 11) is 1.89. The van der Waals surface area contributed by atoms with Crippen molar-refractivity contribution in [3.63, 3.8) is 0 Å². The van der Waals surface area contributed by atoms with Crippen molar-refractivity contribution in [2.24, 2.45) is 7.05 Å². The lowest BCUT2D eigenvalue weighted by Gasteiger charge is -2.27. The standard InChI is InChI=1S/C19H25ClFN3S/c1-12(22-17-11-16(18(2,3)4)23-24(17)7)19(5,6)25-15-9-8-13(20)10-14(15)21/h8-11,22H,1H2,2-7H3. The van der Waals surface area contributed by atoms with Crippen LogP contribution in [0, 0.1) is 5.82 Å². The fraction of sp³-hybridized carbons (Fsp3) is 0.421. The molecule has 1 heterocycles. The third kappa shape index (κ3) is 4.79. The van der Waals surface area contributed by atoms with E-state index in [-0.39, 0.29) is 11.2 Å². The average molecular weight is 382 g/mol. The highest BCUT2D eigenvalue weighted by Crippen LogP contribution is 2.39. The Morgan fingerprint density at radius 3 is 2.40 bits per heavy atom. The van der Waals surface area contributed by atoms with E-state index < -0.39 is 4.75 Å². The normalized spacial score (nSPS) is 12.3. The number of benzene rings is 1. The third-order valence-electron chi connectivity index (χ3n) is 3.91. The molecule has 0 aliphatic carbocycles. The molecule has 0 aliphatic heterocycles. The van der Waals surface area contributed by atoms with Gasteiger partial charge in [0.25, 0.3) is 0 Å². The van der Waals surface area contributed by atoms with Crippen LogP contribution < -0.4 is 5.32 Å². The molecule has 0 spiro atoms. The van der Waals surface area contributed by atoms with Crippen LogP contribution in [0.3, 0.4) is 0 Å². The quantitative estimate of drug-likeness (QED) is 0.643. The highest BCUT2D eigenvalue weighted by molar-refractivity contribution is 8.00. The van der Waals surface area contributed by atoms with Crippen LogP contribution in [0.15, 0.2) is 41.4 Å². The van der Waals surface area contributed by atoms with E-state index in [4.69, 9.17) is 11.6 Å². The summed E-state index contributed by atoms with van der Waals surface area (Å²) in [4.78, 5) is 0.540. The first-order chi connectivity index (χ1) is 11.4. The van der Waals surface area contributed by atoms with Crippen molar-refractivity contribution >= 4 is 29.2 Å². The van der Waals surface area contributed by atoms with E-state index in [1.165, 1.54) is 17.8 Å². The molecule has 0 aliphatic rings. The Balaban J connectivity index is 2.17. The number of thioether (sulfide) groups is 1. The van der Waals surface area contributed by atoms with E-state index in [0.717, 1.165) is 17.2 Å². The van der Waals surface area contributed by atoms with Gasteiger partial charge in [0.15, 0.2) is 0 Å². The van der Waals surface area contributed by atoms with Gasteiger partial charge in [0.2, 0.25) is 0 Å². The maximum Gasteiger partial charge on any atom is 0.138 e. The predicted octanol–water partition coefficient (Wildman–Crippen LogP) is 6.01. The van der Waals surface area contributed by atoms with Crippen molar-refractivity contribution in [3.05, 3.63) is 53.1 Å². The number of nitrogens with zero attached hydrogens (tertiary/aromatic N) is 2. The lowest BCUT2D eigenvalue weighted by molar-refractivity contribution is 0.553. The molecule has 6 heteroatoms. The van der Waals surface area contributed by atoms with Gasteiger partial charge in [-0.2, -0.15) is 5.10 Å². The van der Waals surface area contributed by atoms with Crippen LogP contribution in [0.1, 0.15) is 40.3 Å². The fourth-order valence-electron chi connectivity index (χ4n) is 2.15. The van der Waals surface area contributed by atoms with E-state index in [1.54, 1.807) is 16.8 Å². The number of aromatic nitrogens is 2. The summed E-state index contributed by atoms with van der Waals surface area (Å²) in [5.74, 6) is 0.536. The minimum absolute atomic E-state index is 0.0320. The molecule has 1 aromatic carbocycles. The van der Waals surface area contributed by atoms with Gasteiger partial charge in [0.1, 0.15) is 11.6 Å². The summed E-state index contributed by atoms with van der Waals surface area (Å²) in [5, 5.41) is 8.28. The molecule has 0 amide bonds. The molecule has 0 atom stereocenters. The SMILES string of the molecule is C=C(Nc1cc(C(C)(C)C)nn1C)C(C)(C)Sc1ccc(Cl)cc1F. The van der Waals surface area contributed by atoms with Gasteiger partial charge < -0.3 is 5.32 Å². The number of aryl methyl sites for hydroxylation is 1. The van der Waals surface area contributed by atoms with E-state index >= 15 is 0 Å². The smallest absolute Gasteiger partial charge is 0.138 e. The molecule has 0 saturated heterocycles. The van der Waals surface area contributed by atoms with E-state index in [0.29, 0.717) is 9.92 Å². The van der Waals surface area contributed by atoms with Gasteiger partial charge >= 0.3 is 0 Å². The number of halogens is 2. The first kappa shape index (κ1) is 19.9. The molecule has 25 heavy (non-hydrogen) atoms. The lowest BCUT2D eigenvalue weighted by atomic mass is 9.92. The summed E-state index contributed by atoms with van der Waals surface area (Å²) in [6, 6.07) is 6.73. The van der Waals surface area contributed by atoms with Crippen molar-refractivity contribution in [3.8, 4) is 0 Å². The zero-order valence-corrected chi connectivity index (χ0v) is 17.1. The van der Waals surface area contributed by atoms with Gasteiger partial charge in [0, 0.05) is 34.1 Å². The van der Waals surface area contributed by atoms with Crippen LogP contribution in [0.2, 0.25) is 5.02 Å². The number of anilines is 1. The Labute approximate surface area is 158 Å². The van der Waals surface area contributed by atoms with Crippen LogP contribution >= 0.6 is 23.4 Å². The Bertz CT molecular complexity index is 790. The van der Waals surface area contributed by atoms with Crippen LogP contribution in [0.5, 0.6) is 0 Å². The highest BCUT2D eigenvalue weighted by atomic mass is 35.5. The zero-order valence-electron chi connectivity index (χ0n) is 15.6. The number of rotatable bonds is 5. The predicted molar refractivity (Wildman–Crippen MR) is 106 cm³/mol. The Morgan fingerprint density at radius 1 is 1.24 bits per heavy atom. The molecule has 3 nitrogen and oxygen atoms in total. The van der Waals surface area contributed by atoms with Crippen LogP contribution in [-0.4, -0.2) is 14.5 Å². The Morgan fingerprint density at radius 2 is 1.88 bits per heavy atom. The molecule has 0 bridgehead atoms. The Kier molecular flexibility index (Phi) is 5.59. The van der Waals surface area contributed by atoms with E-state index in [2.05, 4.69) is 37.8 Å². The first-order valence-electron chi connectivity index (χ1n) is 8.05. The summed E-state index contributed by atoms with van der Waals surface area (Å²) in [6.07, 6.45) is 0.